The van der Waals surface area contributed by atoms with Crippen molar-refractivity contribution in [3.8, 4) is 0 Å². The molecular weight excluding hydrogens is 224 g/mol. The molecule has 0 aromatic carbocycles. The lowest BCUT2D eigenvalue weighted by atomic mass is 10.1. The van der Waals surface area contributed by atoms with Crippen molar-refractivity contribution in [3.05, 3.63) is 0 Å². The number of nitrogens with zero attached hydrogens (tertiary/aromatic N) is 1. The average Bonchev–Trinajstić information content (AvgIpc) is 3.09. The maximum atomic E-state index is 11.9. The van der Waals surface area contributed by atoms with Gasteiger partial charge in [-0.1, -0.05) is 0 Å². The summed E-state index contributed by atoms with van der Waals surface area (Å²) in [5, 5.41) is 11.9. The Labute approximate surface area is 99.9 Å². The summed E-state index contributed by atoms with van der Waals surface area (Å²) in [4.78, 5) is 24.3. The van der Waals surface area contributed by atoms with Crippen molar-refractivity contribution in [2.24, 2.45) is 0 Å². The first-order valence-corrected chi connectivity index (χ1v) is 5.99. The number of rotatable bonds is 5. The molecule has 1 atom stereocenters. The van der Waals surface area contributed by atoms with Crippen LogP contribution in [-0.2, 0) is 14.3 Å². The molecule has 1 amide bonds. The van der Waals surface area contributed by atoms with Gasteiger partial charge in [0.1, 0.15) is 0 Å². The highest BCUT2D eigenvalue weighted by Gasteiger charge is 2.30. The first-order valence-electron chi connectivity index (χ1n) is 5.99. The molecule has 1 heterocycles. The molecule has 1 saturated carbocycles. The highest BCUT2D eigenvalue weighted by molar-refractivity contribution is 5.79. The fraction of sp³-hybridized carbons (Fsp3) is 0.818. The van der Waals surface area contributed by atoms with Crippen LogP contribution in [0.4, 0.5) is 0 Å². The van der Waals surface area contributed by atoms with E-state index in [-0.39, 0.29) is 18.4 Å². The summed E-state index contributed by atoms with van der Waals surface area (Å²) in [6.45, 7) is 1.61. The SMILES string of the molecule is O=C(O)CC1COCCN1C(=O)CNC1CC1. The normalized spacial score (nSPS) is 24.7. The van der Waals surface area contributed by atoms with E-state index in [4.69, 9.17) is 9.84 Å². The molecule has 0 aromatic heterocycles. The van der Waals surface area contributed by atoms with Crippen molar-refractivity contribution >= 4 is 11.9 Å². The molecule has 0 aromatic rings. The van der Waals surface area contributed by atoms with E-state index in [0.29, 0.717) is 32.3 Å². The zero-order valence-corrected chi connectivity index (χ0v) is 9.72. The van der Waals surface area contributed by atoms with Crippen molar-refractivity contribution in [2.45, 2.75) is 31.3 Å². The third kappa shape index (κ3) is 3.67. The molecule has 2 fully saturated rings. The van der Waals surface area contributed by atoms with Crippen molar-refractivity contribution in [1.82, 2.24) is 10.2 Å². The molecule has 0 radical (unpaired) electrons. The first-order chi connectivity index (χ1) is 8.16. The van der Waals surface area contributed by atoms with Crippen molar-refractivity contribution in [2.75, 3.05) is 26.3 Å². The molecule has 0 spiro atoms. The second-order valence-corrected chi connectivity index (χ2v) is 4.57. The van der Waals surface area contributed by atoms with Gasteiger partial charge in [-0.15, -0.1) is 0 Å². The largest absolute Gasteiger partial charge is 0.481 e. The zero-order valence-electron chi connectivity index (χ0n) is 9.72. The summed E-state index contributed by atoms with van der Waals surface area (Å²) in [7, 11) is 0. The van der Waals surface area contributed by atoms with E-state index in [1.807, 2.05) is 0 Å². The van der Waals surface area contributed by atoms with Gasteiger partial charge in [-0.05, 0) is 12.8 Å². The van der Waals surface area contributed by atoms with Crippen LogP contribution in [0.25, 0.3) is 0 Å². The van der Waals surface area contributed by atoms with Gasteiger partial charge in [-0.25, -0.2) is 0 Å². The maximum absolute atomic E-state index is 11.9. The van der Waals surface area contributed by atoms with Crippen LogP contribution in [-0.4, -0.2) is 60.3 Å². The highest BCUT2D eigenvalue weighted by Crippen LogP contribution is 2.18. The number of hydrogen-bond donors (Lipinski definition) is 2. The Bertz CT molecular complexity index is 304. The Hall–Kier alpha value is -1.14. The molecule has 1 unspecified atom stereocenters. The summed E-state index contributed by atoms with van der Waals surface area (Å²) in [5.74, 6) is -0.917. The third-order valence-corrected chi connectivity index (χ3v) is 3.08. The van der Waals surface area contributed by atoms with Crippen LogP contribution in [0.1, 0.15) is 19.3 Å². The number of ether oxygens (including phenoxy) is 1. The minimum atomic E-state index is -0.895. The van der Waals surface area contributed by atoms with E-state index in [9.17, 15) is 9.59 Å². The summed E-state index contributed by atoms with van der Waals surface area (Å²) in [6, 6.07) is 0.160. The molecule has 1 aliphatic heterocycles. The Morgan fingerprint density at radius 2 is 2.18 bits per heavy atom. The lowest BCUT2D eigenvalue weighted by molar-refractivity contribution is -0.145. The number of morpholine rings is 1. The number of nitrogens with one attached hydrogen (secondary N) is 1. The van der Waals surface area contributed by atoms with Gasteiger partial charge in [-0.3, -0.25) is 9.59 Å². The molecule has 6 heteroatoms. The standard InChI is InChI=1S/C11H18N2O4/c14-10(6-12-8-1-2-8)13-3-4-17-7-9(13)5-11(15)16/h8-9,12H,1-7H2,(H,15,16). The van der Waals surface area contributed by atoms with E-state index in [0.717, 1.165) is 12.8 Å². The number of aliphatic carboxylic acids is 1. The topological polar surface area (TPSA) is 78.9 Å². The maximum Gasteiger partial charge on any atom is 0.305 e. The number of carboxylic acids is 1. The smallest absolute Gasteiger partial charge is 0.305 e. The minimum Gasteiger partial charge on any atom is -0.481 e. The number of hydrogen-bond acceptors (Lipinski definition) is 4. The third-order valence-electron chi connectivity index (χ3n) is 3.08. The highest BCUT2D eigenvalue weighted by atomic mass is 16.5. The van der Waals surface area contributed by atoms with Crippen LogP contribution >= 0.6 is 0 Å². The Balaban J connectivity index is 1.84. The second kappa shape index (κ2) is 5.46. The number of carboxylic acid groups (broad SMARTS) is 1. The zero-order chi connectivity index (χ0) is 12.3. The quantitative estimate of drug-likeness (QED) is 0.675. The van der Waals surface area contributed by atoms with Crippen molar-refractivity contribution < 1.29 is 19.4 Å². The first kappa shape index (κ1) is 12.3. The molecular formula is C11H18N2O4. The van der Waals surface area contributed by atoms with E-state index in [1.54, 1.807) is 4.90 Å². The van der Waals surface area contributed by atoms with E-state index in [2.05, 4.69) is 5.32 Å². The van der Waals surface area contributed by atoms with Gasteiger partial charge < -0.3 is 20.1 Å². The van der Waals surface area contributed by atoms with Gasteiger partial charge in [-0.2, -0.15) is 0 Å². The number of carbonyl (C=O) groups excluding carboxylic acids is 1. The van der Waals surface area contributed by atoms with E-state index in [1.165, 1.54) is 0 Å². The van der Waals surface area contributed by atoms with Crippen molar-refractivity contribution in [1.29, 1.82) is 0 Å². The molecule has 1 aliphatic carbocycles. The summed E-state index contributed by atoms with van der Waals surface area (Å²) in [5.41, 5.74) is 0. The fourth-order valence-electron chi connectivity index (χ4n) is 1.97. The van der Waals surface area contributed by atoms with E-state index < -0.39 is 5.97 Å². The molecule has 0 bridgehead atoms. The molecule has 96 valence electrons. The van der Waals surface area contributed by atoms with Crippen LogP contribution in [0.15, 0.2) is 0 Å². The predicted molar refractivity (Wildman–Crippen MR) is 59.6 cm³/mol. The van der Waals surface area contributed by atoms with Gasteiger partial charge in [0.2, 0.25) is 5.91 Å². The number of amides is 1. The second-order valence-electron chi connectivity index (χ2n) is 4.57. The Kier molecular flexibility index (Phi) is 3.96. The molecule has 6 nitrogen and oxygen atoms in total. The minimum absolute atomic E-state index is 0.0218. The molecule has 17 heavy (non-hydrogen) atoms. The number of carbonyl (C=O) groups is 2. The molecule has 2 aliphatic rings. The molecule has 1 saturated heterocycles. The van der Waals surface area contributed by atoms with Crippen LogP contribution in [0.2, 0.25) is 0 Å². The van der Waals surface area contributed by atoms with Crippen LogP contribution in [0, 0.1) is 0 Å². The lowest BCUT2D eigenvalue weighted by Crippen LogP contribution is -2.52. The fourth-order valence-corrected chi connectivity index (χ4v) is 1.97. The van der Waals surface area contributed by atoms with Gasteiger partial charge in [0, 0.05) is 12.6 Å². The van der Waals surface area contributed by atoms with Crippen LogP contribution in [0.5, 0.6) is 0 Å². The summed E-state index contributed by atoms with van der Waals surface area (Å²) >= 11 is 0. The monoisotopic (exact) mass is 242 g/mol. The Morgan fingerprint density at radius 3 is 2.82 bits per heavy atom. The van der Waals surface area contributed by atoms with Crippen LogP contribution in [0.3, 0.4) is 0 Å². The van der Waals surface area contributed by atoms with Crippen molar-refractivity contribution in [3.63, 3.8) is 0 Å². The molecule has 2 rings (SSSR count). The summed E-state index contributed by atoms with van der Waals surface area (Å²) < 4.78 is 5.22. The Morgan fingerprint density at radius 1 is 1.41 bits per heavy atom. The summed E-state index contributed by atoms with van der Waals surface area (Å²) in [6.07, 6.45) is 2.22. The van der Waals surface area contributed by atoms with E-state index >= 15 is 0 Å². The lowest BCUT2D eigenvalue weighted by Gasteiger charge is -2.35. The predicted octanol–water partition coefficient (Wildman–Crippen LogP) is -0.559. The van der Waals surface area contributed by atoms with Gasteiger partial charge in [0.15, 0.2) is 0 Å². The van der Waals surface area contributed by atoms with Crippen LogP contribution < -0.4 is 5.32 Å². The van der Waals surface area contributed by atoms with Gasteiger partial charge in [0.25, 0.3) is 0 Å². The van der Waals surface area contributed by atoms with Gasteiger partial charge in [0.05, 0.1) is 32.2 Å². The molecule has 2 N–H and O–H groups in total. The average molecular weight is 242 g/mol. The van der Waals surface area contributed by atoms with Gasteiger partial charge >= 0.3 is 5.97 Å².